The molecule has 0 spiro atoms. The molecule has 0 amide bonds. The molecule has 0 aliphatic carbocycles. The molecule has 0 saturated carbocycles. The molecule has 0 aromatic carbocycles. The maximum absolute atomic E-state index is 12.0. The summed E-state index contributed by atoms with van der Waals surface area (Å²) in [6, 6.07) is 0. The molecule has 0 heterocycles. The first-order valence-corrected chi connectivity index (χ1v) is 9.74. The fraction of sp³-hybridized carbons (Fsp3) is 0.714. The summed E-state index contributed by atoms with van der Waals surface area (Å²) in [6.45, 7) is 5.86. The number of hydrogen-bond donors (Lipinski definition) is 2. The van der Waals surface area contributed by atoms with E-state index in [-0.39, 0.29) is 12.8 Å². The van der Waals surface area contributed by atoms with Crippen LogP contribution in [0, 0.1) is 0 Å². The predicted octanol–water partition coefficient (Wildman–Crippen LogP) is 1.96. The van der Waals surface area contributed by atoms with Gasteiger partial charge in [-0.2, -0.15) is 0 Å². The number of rotatable bonds is 10. The van der Waals surface area contributed by atoms with Crippen molar-refractivity contribution in [2.45, 2.75) is 60.2 Å². The Morgan fingerprint density at radius 3 is 1.24 bits per heavy atom. The zero-order valence-electron chi connectivity index (χ0n) is 12.9. The second-order valence-electron chi connectivity index (χ2n) is 5.16. The van der Waals surface area contributed by atoms with E-state index in [1.165, 1.54) is 13.8 Å². The monoisotopic (exact) mass is 406 g/mol. The van der Waals surface area contributed by atoms with Crippen LogP contribution in [0.4, 0.5) is 0 Å². The Bertz CT molecular complexity index is 375. The fourth-order valence-corrected chi connectivity index (χ4v) is 8.22. The van der Waals surface area contributed by atoms with Gasteiger partial charge in [0.2, 0.25) is 0 Å². The molecule has 0 aromatic rings. The molecule has 21 heavy (non-hydrogen) atoms. The minimum absolute atomic E-state index is 0.0931. The number of aliphatic carboxylic acids is 2. The summed E-state index contributed by atoms with van der Waals surface area (Å²) in [5, 5.41) is 19.1. The number of ketones is 2. The molecular weight excluding hydrogens is 383 g/mol. The van der Waals surface area contributed by atoms with Crippen molar-refractivity contribution >= 4 is 44.6 Å². The summed E-state index contributed by atoms with van der Waals surface area (Å²) in [4.78, 5) is 47.4. The molecule has 0 aliphatic rings. The van der Waals surface area contributed by atoms with E-state index in [1.54, 1.807) is 13.8 Å². The van der Waals surface area contributed by atoms with E-state index in [1.807, 2.05) is 0 Å². The number of carbonyl (C=O) groups is 4. The van der Waals surface area contributed by atoms with Gasteiger partial charge < -0.3 is 0 Å². The Morgan fingerprint density at radius 2 is 1.10 bits per heavy atom. The maximum atomic E-state index is 12.0. The summed E-state index contributed by atoms with van der Waals surface area (Å²) in [7, 11) is 0. The van der Waals surface area contributed by atoms with Gasteiger partial charge in [-0.15, -0.1) is 0 Å². The molecule has 0 fully saturated rings. The minimum atomic E-state index is -2.44. The Labute approximate surface area is 134 Å². The van der Waals surface area contributed by atoms with Crippen LogP contribution in [0.3, 0.4) is 0 Å². The Hall–Kier alpha value is -0.921. The third-order valence-corrected chi connectivity index (χ3v) is 10.7. The Morgan fingerprint density at radius 1 is 0.810 bits per heavy atom. The summed E-state index contributed by atoms with van der Waals surface area (Å²) < 4.78 is -3.31. The van der Waals surface area contributed by atoms with Crippen molar-refractivity contribution in [1.29, 1.82) is 0 Å². The topological polar surface area (TPSA) is 109 Å². The first-order chi connectivity index (χ1) is 9.60. The predicted molar refractivity (Wildman–Crippen MR) is 77.6 cm³/mol. The first kappa shape index (κ1) is 20.1. The van der Waals surface area contributed by atoms with E-state index in [2.05, 4.69) is 0 Å². The van der Waals surface area contributed by atoms with E-state index in [4.69, 9.17) is 0 Å². The summed E-state index contributed by atoms with van der Waals surface area (Å²) >= 11 is -2.44. The molecule has 6 nitrogen and oxygen atoms in total. The van der Waals surface area contributed by atoms with E-state index < -0.39 is 51.5 Å². The summed E-state index contributed by atoms with van der Waals surface area (Å²) in [5.74, 6) is -3.64. The third-order valence-electron chi connectivity index (χ3n) is 3.61. The average molecular weight is 405 g/mol. The van der Waals surface area contributed by atoms with Crippen molar-refractivity contribution in [3.8, 4) is 0 Å². The van der Waals surface area contributed by atoms with Crippen LogP contribution in [0.5, 0.6) is 0 Å². The van der Waals surface area contributed by atoms with Crippen LogP contribution in [0.1, 0.15) is 53.4 Å². The third kappa shape index (κ3) is 4.05. The molecule has 7 heteroatoms. The number of hydrogen-bond acceptors (Lipinski definition) is 4. The second-order valence-corrected chi connectivity index (χ2v) is 10.7. The van der Waals surface area contributed by atoms with Gasteiger partial charge in [0.25, 0.3) is 0 Å². The van der Waals surface area contributed by atoms with Gasteiger partial charge in [-0.05, 0) is 0 Å². The van der Waals surface area contributed by atoms with E-state index in [0.29, 0.717) is 12.8 Å². The van der Waals surface area contributed by atoms with Crippen LogP contribution in [-0.4, -0.2) is 54.9 Å². The van der Waals surface area contributed by atoms with Crippen LogP contribution < -0.4 is 0 Å². The van der Waals surface area contributed by atoms with Gasteiger partial charge in [0.15, 0.2) is 0 Å². The van der Waals surface area contributed by atoms with Gasteiger partial charge in [0.05, 0.1) is 0 Å². The number of carboxylic acids is 2. The van der Waals surface area contributed by atoms with E-state index in [9.17, 15) is 29.4 Å². The molecule has 0 aromatic heterocycles. The van der Waals surface area contributed by atoms with E-state index in [0.717, 1.165) is 0 Å². The zero-order valence-corrected chi connectivity index (χ0v) is 15.7. The van der Waals surface area contributed by atoms with Gasteiger partial charge in [-0.3, -0.25) is 0 Å². The van der Waals surface area contributed by atoms with Crippen LogP contribution in [-0.2, 0) is 19.2 Å². The van der Waals surface area contributed by atoms with Gasteiger partial charge in [0.1, 0.15) is 0 Å². The average Bonchev–Trinajstić information content (AvgIpc) is 2.35. The first-order valence-electron chi connectivity index (χ1n) is 6.89. The SMILES string of the molecule is CCC[C]([Sn][C](CCC)(C(C)=O)C(=O)O)(C(C)=O)C(=O)O. The van der Waals surface area contributed by atoms with Crippen molar-refractivity contribution in [1.82, 2.24) is 0 Å². The van der Waals surface area contributed by atoms with Crippen LogP contribution in [0.2, 0.25) is 6.86 Å². The summed E-state index contributed by atoms with van der Waals surface area (Å²) in [5.41, 5.74) is 0. The molecule has 0 bridgehead atoms. The van der Waals surface area contributed by atoms with Crippen LogP contribution >= 0.6 is 0 Å². The van der Waals surface area contributed by atoms with Crippen molar-refractivity contribution < 1.29 is 29.4 Å². The van der Waals surface area contributed by atoms with Crippen LogP contribution in [0.25, 0.3) is 0 Å². The van der Waals surface area contributed by atoms with Crippen molar-refractivity contribution in [2.24, 2.45) is 0 Å². The molecule has 2 radical (unpaired) electrons. The van der Waals surface area contributed by atoms with Gasteiger partial charge in [-0.1, -0.05) is 0 Å². The second kappa shape index (κ2) is 7.91. The Kier molecular flexibility index (Phi) is 7.56. The van der Waals surface area contributed by atoms with Crippen molar-refractivity contribution in [3.63, 3.8) is 0 Å². The van der Waals surface area contributed by atoms with Gasteiger partial charge in [-0.25, -0.2) is 0 Å². The number of Topliss-reactive ketones (excluding diaryl/α,β-unsaturated/α-hetero) is 2. The van der Waals surface area contributed by atoms with Crippen LogP contribution in [0.15, 0.2) is 0 Å². The van der Waals surface area contributed by atoms with Gasteiger partial charge >= 0.3 is 134 Å². The Balaban J connectivity index is 6.04. The van der Waals surface area contributed by atoms with Crippen molar-refractivity contribution in [3.05, 3.63) is 0 Å². The zero-order chi connectivity index (χ0) is 16.8. The number of carbonyl (C=O) groups excluding carboxylic acids is 2. The molecule has 2 atom stereocenters. The summed E-state index contributed by atoms with van der Waals surface area (Å²) in [6.07, 6.45) is 1.09. The van der Waals surface area contributed by atoms with E-state index >= 15 is 0 Å². The fourth-order valence-electron chi connectivity index (χ4n) is 2.39. The normalized spacial score (nSPS) is 16.6. The molecule has 118 valence electrons. The molecule has 2 N–H and O–H groups in total. The molecule has 0 saturated heterocycles. The standard InChI is InChI=1S/2C7H11O3.Sn/c2*1-3-4-6(5(2)8)7(9)10;/h2*3-4H2,1-2H3,(H,9,10);. The molecule has 2 unspecified atom stereocenters. The molecular formula is C14H22O6Sn. The van der Waals surface area contributed by atoms with Crippen molar-refractivity contribution in [2.75, 3.05) is 0 Å². The quantitative estimate of drug-likeness (QED) is 0.425. The van der Waals surface area contributed by atoms with Gasteiger partial charge in [0, 0.05) is 0 Å². The number of carboxylic acid groups (broad SMARTS) is 2. The molecule has 0 aliphatic heterocycles. The molecule has 0 rings (SSSR count).